The van der Waals surface area contributed by atoms with Crippen molar-refractivity contribution in [3.8, 4) is 0 Å². The van der Waals surface area contributed by atoms with Crippen LogP contribution in [0.3, 0.4) is 0 Å². The Morgan fingerprint density at radius 1 is 1.62 bits per heavy atom. The summed E-state index contributed by atoms with van der Waals surface area (Å²) in [6.45, 7) is 1.16. The topological polar surface area (TPSA) is 42.7 Å². The minimum Gasteiger partial charge on any atom is -0.314 e. The molecule has 0 spiro atoms. The molecule has 4 heteroatoms. The Bertz CT molecular complexity index is 262. The first kappa shape index (κ1) is 8.69. The zero-order chi connectivity index (χ0) is 9.10. The largest absolute Gasteiger partial charge is 0.314 e. The van der Waals surface area contributed by atoms with Gasteiger partial charge < -0.3 is 5.32 Å². The van der Waals surface area contributed by atoms with Crippen LogP contribution in [0.1, 0.15) is 25.0 Å². The molecular weight excluding hydrogens is 164 g/mol. The molecule has 1 aromatic heterocycles. The van der Waals surface area contributed by atoms with Gasteiger partial charge in [0.25, 0.3) is 0 Å². The Morgan fingerprint density at radius 2 is 2.54 bits per heavy atom. The Kier molecular flexibility index (Phi) is 2.59. The first-order valence-corrected chi connectivity index (χ1v) is 4.93. The van der Waals surface area contributed by atoms with Gasteiger partial charge in [-0.25, -0.2) is 0 Å². The summed E-state index contributed by atoms with van der Waals surface area (Å²) in [5, 5.41) is 11.5. The molecule has 0 aromatic carbocycles. The summed E-state index contributed by atoms with van der Waals surface area (Å²) in [4.78, 5) is 0. The van der Waals surface area contributed by atoms with Gasteiger partial charge in [-0.05, 0) is 19.4 Å². The van der Waals surface area contributed by atoms with Gasteiger partial charge >= 0.3 is 0 Å². The van der Waals surface area contributed by atoms with E-state index in [0.29, 0.717) is 6.04 Å². The molecule has 2 heterocycles. The predicted molar refractivity (Wildman–Crippen MR) is 50.3 cm³/mol. The van der Waals surface area contributed by atoms with Crippen LogP contribution in [0.5, 0.6) is 0 Å². The lowest BCUT2D eigenvalue weighted by Crippen LogP contribution is -2.35. The fourth-order valence-corrected chi connectivity index (χ4v) is 1.84. The van der Waals surface area contributed by atoms with Crippen LogP contribution >= 0.6 is 0 Å². The Balaban J connectivity index is 1.89. The zero-order valence-corrected chi connectivity index (χ0v) is 8.03. The van der Waals surface area contributed by atoms with Gasteiger partial charge in [-0.15, -0.1) is 5.10 Å². The summed E-state index contributed by atoms with van der Waals surface area (Å²) in [7, 11) is 1.91. The van der Waals surface area contributed by atoms with Crippen molar-refractivity contribution in [3.05, 3.63) is 11.9 Å². The van der Waals surface area contributed by atoms with E-state index in [4.69, 9.17) is 0 Å². The molecule has 0 aliphatic carbocycles. The lowest BCUT2D eigenvalue weighted by Gasteiger charge is -2.22. The van der Waals surface area contributed by atoms with E-state index in [1.807, 2.05) is 13.2 Å². The molecule has 1 N–H and O–H groups in total. The molecule has 1 aromatic rings. The van der Waals surface area contributed by atoms with Crippen molar-refractivity contribution in [2.45, 2.75) is 31.7 Å². The van der Waals surface area contributed by atoms with Gasteiger partial charge in [-0.1, -0.05) is 11.6 Å². The molecule has 1 unspecified atom stereocenters. The van der Waals surface area contributed by atoms with Crippen LogP contribution in [0.25, 0.3) is 0 Å². The smallest absolute Gasteiger partial charge is 0.0842 e. The molecule has 0 amide bonds. The fourth-order valence-electron chi connectivity index (χ4n) is 1.84. The molecule has 1 fully saturated rings. The van der Waals surface area contributed by atoms with Crippen LogP contribution in [0.15, 0.2) is 6.20 Å². The molecule has 1 aliphatic heterocycles. The molecule has 13 heavy (non-hydrogen) atoms. The summed E-state index contributed by atoms with van der Waals surface area (Å²) in [5.41, 5.74) is 1.10. The second-order valence-corrected chi connectivity index (χ2v) is 3.73. The van der Waals surface area contributed by atoms with Gasteiger partial charge in [0.15, 0.2) is 0 Å². The highest BCUT2D eigenvalue weighted by molar-refractivity contribution is 4.96. The van der Waals surface area contributed by atoms with E-state index in [1.165, 1.54) is 19.3 Å². The lowest BCUT2D eigenvalue weighted by molar-refractivity contribution is 0.397. The van der Waals surface area contributed by atoms with Gasteiger partial charge in [0, 0.05) is 25.7 Å². The number of hydrogen-bond donors (Lipinski definition) is 1. The molecular formula is C9H16N4. The molecule has 2 rings (SSSR count). The standard InChI is InChI=1S/C9H16N4/c1-13-7-9(11-12-13)6-8-4-2-3-5-10-8/h7-8,10H,2-6H2,1H3. The molecule has 1 atom stereocenters. The summed E-state index contributed by atoms with van der Waals surface area (Å²) in [5.74, 6) is 0. The van der Waals surface area contributed by atoms with Crippen LogP contribution < -0.4 is 5.32 Å². The molecule has 4 nitrogen and oxygen atoms in total. The van der Waals surface area contributed by atoms with Crippen LogP contribution in [-0.4, -0.2) is 27.6 Å². The monoisotopic (exact) mass is 180 g/mol. The van der Waals surface area contributed by atoms with E-state index >= 15 is 0 Å². The van der Waals surface area contributed by atoms with Crippen LogP contribution in [-0.2, 0) is 13.5 Å². The number of nitrogens with one attached hydrogen (secondary N) is 1. The normalized spacial score (nSPS) is 23.3. The van der Waals surface area contributed by atoms with Crippen LogP contribution in [0.4, 0.5) is 0 Å². The van der Waals surface area contributed by atoms with Crippen LogP contribution in [0, 0.1) is 0 Å². The van der Waals surface area contributed by atoms with Crippen molar-refractivity contribution in [1.82, 2.24) is 20.3 Å². The van der Waals surface area contributed by atoms with Gasteiger partial charge in [-0.2, -0.15) is 0 Å². The lowest BCUT2D eigenvalue weighted by atomic mass is 10.0. The third kappa shape index (κ3) is 2.28. The van der Waals surface area contributed by atoms with Crippen LogP contribution in [0.2, 0.25) is 0 Å². The number of rotatable bonds is 2. The average Bonchev–Trinajstić information content (AvgIpc) is 2.53. The highest BCUT2D eigenvalue weighted by Crippen LogP contribution is 2.10. The number of aryl methyl sites for hydroxylation is 1. The van der Waals surface area contributed by atoms with Crippen molar-refractivity contribution < 1.29 is 0 Å². The Morgan fingerprint density at radius 3 is 3.15 bits per heavy atom. The van der Waals surface area contributed by atoms with Crippen molar-refractivity contribution >= 4 is 0 Å². The van der Waals surface area contributed by atoms with Gasteiger partial charge in [0.1, 0.15) is 0 Å². The summed E-state index contributed by atoms with van der Waals surface area (Å²) in [6.07, 6.45) is 6.95. The highest BCUT2D eigenvalue weighted by atomic mass is 15.4. The second kappa shape index (κ2) is 3.87. The Labute approximate surface area is 78.3 Å². The minimum absolute atomic E-state index is 0.616. The number of hydrogen-bond acceptors (Lipinski definition) is 3. The van der Waals surface area contributed by atoms with E-state index in [0.717, 1.165) is 18.7 Å². The van der Waals surface area contributed by atoms with Crippen molar-refractivity contribution in [2.24, 2.45) is 7.05 Å². The maximum atomic E-state index is 4.08. The summed E-state index contributed by atoms with van der Waals surface area (Å²) in [6, 6.07) is 0.616. The third-order valence-electron chi connectivity index (χ3n) is 2.52. The number of nitrogens with zero attached hydrogens (tertiary/aromatic N) is 3. The average molecular weight is 180 g/mol. The fraction of sp³-hybridized carbons (Fsp3) is 0.778. The van der Waals surface area contributed by atoms with Crippen molar-refractivity contribution in [1.29, 1.82) is 0 Å². The van der Waals surface area contributed by atoms with E-state index < -0.39 is 0 Å². The maximum absolute atomic E-state index is 4.08. The first-order valence-electron chi connectivity index (χ1n) is 4.93. The van der Waals surface area contributed by atoms with Gasteiger partial charge in [0.05, 0.1) is 5.69 Å². The maximum Gasteiger partial charge on any atom is 0.0842 e. The van der Waals surface area contributed by atoms with E-state index in [2.05, 4.69) is 15.6 Å². The van der Waals surface area contributed by atoms with E-state index in [-0.39, 0.29) is 0 Å². The van der Waals surface area contributed by atoms with Crippen molar-refractivity contribution in [3.63, 3.8) is 0 Å². The minimum atomic E-state index is 0.616. The Hall–Kier alpha value is -0.900. The quantitative estimate of drug-likeness (QED) is 0.720. The first-order chi connectivity index (χ1) is 6.34. The third-order valence-corrected chi connectivity index (χ3v) is 2.52. The van der Waals surface area contributed by atoms with E-state index in [1.54, 1.807) is 4.68 Å². The van der Waals surface area contributed by atoms with Gasteiger partial charge in [0.2, 0.25) is 0 Å². The highest BCUT2D eigenvalue weighted by Gasteiger charge is 2.14. The predicted octanol–water partition coefficient (Wildman–Crippen LogP) is 0.500. The van der Waals surface area contributed by atoms with E-state index in [9.17, 15) is 0 Å². The molecule has 1 aliphatic rings. The van der Waals surface area contributed by atoms with Gasteiger partial charge in [-0.3, -0.25) is 4.68 Å². The molecule has 1 saturated heterocycles. The SMILES string of the molecule is Cn1cc(CC2CCCCN2)nn1. The second-order valence-electron chi connectivity index (χ2n) is 3.73. The summed E-state index contributed by atoms with van der Waals surface area (Å²) >= 11 is 0. The zero-order valence-electron chi connectivity index (χ0n) is 8.03. The summed E-state index contributed by atoms with van der Waals surface area (Å²) < 4.78 is 1.76. The molecule has 72 valence electrons. The van der Waals surface area contributed by atoms with Crippen molar-refractivity contribution in [2.75, 3.05) is 6.54 Å². The number of piperidine rings is 1. The molecule has 0 saturated carbocycles. The molecule has 0 radical (unpaired) electrons. The molecule has 0 bridgehead atoms. The number of aromatic nitrogens is 3.